The van der Waals surface area contributed by atoms with Crippen LogP contribution in [0, 0.1) is 0 Å². The summed E-state index contributed by atoms with van der Waals surface area (Å²) < 4.78 is 5.38. The molecule has 1 amide bonds. The Morgan fingerprint density at radius 1 is 1.40 bits per heavy atom. The summed E-state index contributed by atoms with van der Waals surface area (Å²) in [5.41, 5.74) is 0.544. The van der Waals surface area contributed by atoms with Crippen LogP contribution in [0.5, 0.6) is 0 Å². The van der Waals surface area contributed by atoms with Crippen LogP contribution in [0.15, 0.2) is 18.3 Å². The summed E-state index contributed by atoms with van der Waals surface area (Å²) in [6.07, 6.45) is 3.87. The van der Waals surface area contributed by atoms with Crippen molar-refractivity contribution >= 4 is 28.2 Å². The molecule has 7 nitrogen and oxygen atoms in total. The highest BCUT2D eigenvalue weighted by Gasteiger charge is 2.21. The maximum atomic E-state index is 12.7. The minimum atomic E-state index is -0.208. The number of pyridine rings is 1. The Bertz CT molecular complexity index is 715. The molecule has 3 heterocycles. The topological polar surface area (TPSA) is 80.2 Å². The predicted octanol–water partition coefficient (Wildman–Crippen LogP) is 2.93. The number of hydrogen-bond donors (Lipinski definition) is 1. The Morgan fingerprint density at radius 2 is 2.20 bits per heavy atom. The van der Waals surface area contributed by atoms with E-state index in [2.05, 4.69) is 39.2 Å². The van der Waals surface area contributed by atoms with Gasteiger partial charge in [-0.2, -0.15) is 0 Å². The number of ether oxygens (including phenoxy) is 1. The smallest absolute Gasteiger partial charge is 0.261 e. The van der Waals surface area contributed by atoms with E-state index >= 15 is 0 Å². The molecule has 2 aromatic rings. The number of aromatic nitrogens is 3. The molecule has 0 aromatic carbocycles. The molecule has 1 aliphatic heterocycles. The SMILES string of the molecule is CCC[C@@H](C)c1nnc(NC(=O)c2cccnc2N2CCOCC2)s1. The van der Waals surface area contributed by atoms with E-state index in [1.807, 2.05) is 0 Å². The first-order chi connectivity index (χ1) is 12.2. The molecule has 0 unspecified atom stereocenters. The van der Waals surface area contributed by atoms with E-state index in [-0.39, 0.29) is 5.91 Å². The molecule has 1 saturated heterocycles. The number of nitrogens with zero attached hydrogens (tertiary/aromatic N) is 4. The van der Waals surface area contributed by atoms with E-state index in [1.54, 1.807) is 18.3 Å². The van der Waals surface area contributed by atoms with Gasteiger partial charge in [-0.15, -0.1) is 10.2 Å². The van der Waals surface area contributed by atoms with Gasteiger partial charge >= 0.3 is 0 Å². The van der Waals surface area contributed by atoms with Gasteiger partial charge < -0.3 is 9.64 Å². The zero-order valence-electron chi connectivity index (χ0n) is 14.6. The molecule has 0 spiro atoms. The fourth-order valence-corrected chi connectivity index (χ4v) is 3.63. The van der Waals surface area contributed by atoms with Gasteiger partial charge in [-0.1, -0.05) is 31.6 Å². The first-order valence-electron chi connectivity index (χ1n) is 8.61. The molecule has 1 atom stereocenters. The number of anilines is 2. The van der Waals surface area contributed by atoms with E-state index in [9.17, 15) is 4.79 Å². The molecule has 1 N–H and O–H groups in total. The molecule has 25 heavy (non-hydrogen) atoms. The summed E-state index contributed by atoms with van der Waals surface area (Å²) >= 11 is 1.44. The van der Waals surface area contributed by atoms with Gasteiger partial charge in [0.25, 0.3) is 5.91 Å². The maximum Gasteiger partial charge on any atom is 0.261 e. The highest BCUT2D eigenvalue weighted by atomic mass is 32.1. The molecule has 3 rings (SSSR count). The zero-order chi connectivity index (χ0) is 17.6. The Balaban J connectivity index is 1.73. The molecule has 8 heteroatoms. The van der Waals surface area contributed by atoms with E-state index in [4.69, 9.17) is 4.74 Å². The van der Waals surface area contributed by atoms with Crippen molar-refractivity contribution in [3.63, 3.8) is 0 Å². The van der Waals surface area contributed by atoms with Crippen molar-refractivity contribution in [1.82, 2.24) is 15.2 Å². The number of morpholine rings is 1. The summed E-state index contributed by atoms with van der Waals surface area (Å²) in [4.78, 5) is 19.2. The standard InChI is InChI=1S/C17H23N5O2S/c1-3-5-12(2)16-20-21-17(25-16)19-15(23)13-6-4-7-18-14(13)22-8-10-24-11-9-22/h4,6-7,12H,3,5,8-11H2,1-2H3,(H,19,21,23)/t12-/m1/s1. The van der Waals surface area contributed by atoms with Crippen molar-refractivity contribution < 1.29 is 9.53 Å². The molecule has 0 aliphatic carbocycles. The van der Waals surface area contributed by atoms with Gasteiger partial charge in [-0.3, -0.25) is 10.1 Å². The lowest BCUT2D eigenvalue weighted by Crippen LogP contribution is -2.38. The lowest BCUT2D eigenvalue weighted by atomic mass is 10.1. The van der Waals surface area contributed by atoms with Crippen molar-refractivity contribution in [3.8, 4) is 0 Å². The summed E-state index contributed by atoms with van der Waals surface area (Å²) in [6, 6.07) is 3.56. The van der Waals surface area contributed by atoms with Crippen LogP contribution in [0.4, 0.5) is 10.9 Å². The molecule has 1 aliphatic rings. The fourth-order valence-electron chi connectivity index (χ4n) is 2.81. The monoisotopic (exact) mass is 361 g/mol. The molecule has 0 bridgehead atoms. The lowest BCUT2D eigenvalue weighted by molar-refractivity contribution is 0.102. The van der Waals surface area contributed by atoms with Crippen LogP contribution in [-0.2, 0) is 4.74 Å². The van der Waals surface area contributed by atoms with Crippen LogP contribution in [0.1, 0.15) is 48.0 Å². The summed E-state index contributed by atoms with van der Waals surface area (Å²) in [5.74, 6) is 0.836. The Morgan fingerprint density at radius 3 is 2.96 bits per heavy atom. The molecular formula is C17H23N5O2S. The summed E-state index contributed by atoms with van der Waals surface area (Å²) in [5, 5.41) is 12.7. The largest absolute Gasteiger partial charge is 0.378 e. The predicted molar refractivity (Wildman–Crippen MR) is 98.5 cm³/mol. The second kappa shape index (κ2) is 8.35. The van der Waals surface area contributed by atoms with Gasteiger partial charge in [0.2, 0.25) is 5.13 Å². The minimum Gasteiger partial charge on any atom is -0.378 e. The average molecular weight is 361 g/mol. The molecule has 134 valence electrons. The second-order valence-corrected chi connectivity index (χ2v) is 7.07. The van der Waals surface area contributed by atoms with Crippen LogP contribution < -0.4 is 10.2 Å². The van der Waals surface area contributed by atoms with Gasteiger partial charge in [0.15, 0.2) is 0 Å². The van der Waals surface area contributed by atoms with Gasteiger partial charge in [0.05, 0.1) is 18.8 Å². The third-order valence-corrected chi connectivity index (χ3v) is 5.22. The Labute approximate surface area is 151 Å². The van der Waals surface area contributed by atoms with Gasteiger partial charge in [-0.25, -0.2) is 4.98 Å². The number of rotatable bonds is 6. The normalized spacial score (nSPS) is 15.8. The van der Waals surface area contributed by atoms with Crippen LogP contribution in [0.3, 0.4) is 0 Å². The number of nitrogens with one attached hydrogen (secondary N) is 1. The van der Waals surface area contributed by atoms with Crippen molar-refractivity contribution in [2.75, 3.05) is 36.5 Å². The molecule has 1 fully saturated rings. The number of carbonyl (C=O) groups is 1. The third kappa shape index (κ3) is 4.32. The molecular weight excluding hydrogens is 338 g/mol. The maximum absolute atomic E-state index is 12.7. The van der Waals surface area contributed by atoms with E-state index in [1.165, 1.54) is 11.3 Å². The Hall–Kier alpha value is -2.06. The summed E-state index contributed by atoms with van der Waals surface area (Å²) in [7, 11) is 0. The lowest BCUT2D eigenvalue weighted by Gasteiger charge is -2.28. The number of hydrogen-bond acceptors (Lipinski definition) is 7. The molecule has 0 radical (unpaired) electrons. The highest BCUT2D eigenvalue weighted by Crippen LogP contribution is 2.27. The van der Waals surface area contributed by atoms with Gasteiger partial charge in [0.1, 0.15) is 10.8 Å². The van der Waals surface area contributed by atoms with E-state index in [0.29, 0.717) is 35.6 Å². The molecule has 0 saturated carbocycles. The van der Waals surface area contributed by atoms with Crippen LogP contribution >= 0.6 is 11.3 Å². The van der Waals surface area contributed by atoms with E-state index < -0.39 is 0 Å². The quantitative estimate of drug-likeness (QED) is 0.852. The number of amides is 1. The van der Waals surface area contributed by atoms with Gasteiger partial charge in [-0.05, 0) is 18.6 Å². The average Bonchev–Trinajstić information content (AvgIpc) is 3.11. The van der Waals surface area contributed by atoms with Gasteiger partial charge in [0, 0.05) is 25.2 Å². The Kier molecular flexibility index (Phi) is 5.93. The van der Waals surface area contributed by atoms with Crippen molar-refractivity contribution in [2.45, 2.75) is 32.6 Å². The first-order valence-corrected chi connectivity index (χ1v) is 9.43. The third-order valence-electron chi connectivity index (χ3n) is 4.15. The van der Waals surface area contributed by atoms with E-state index in [0.717, 1.165) is 30.9 Å². The zero-order valence-corrected chi connectivity index (χ0v) is 15.4. The fraction of sp³-hybridized carbons (Fsp3) is 0.529. The van der Waals surface area contributed by atoms with Crippen LogP contribution in [-0.4, -0.2) is 47.4 Å². The first kappa shape index (κ1) is 17.8. The van der Waals surface area contributed by atoms with Crippen molar-refractivity contribution in [3.05, 3.63) is 28.9 Å². The summed E-state index contributed by atoms with van der Waals surface area (Å²) in [6.45, 7) is 7.03. The molecule has 2 aromatic heterocycles. The minimum absolute atomic E-state index is 0.208. The highest BCUT2D eigenvalue weighted by molar-refractivity contribution is 7.15. The van der Waals surface area contributed by atoms with Crippen molar-refractivity contribution in [1.29, 1.82) is 0 Å². The second-order valence-electron chi connectivity index (χ2n) is 6.06. The number of carbonyl (C=O) groups excluding carboxylic acids is 1. The van der Waals surface area contributed by atoms with Crippen molar-refractivity contribution in [2.24, 2.45) is 0 Å². The van der Waals surface area contributed by atoms with Crippen LogP contribution in [0.25, 0.3) is 0 Å². The van der Waals surface area contributed by atoms with Crippen LogP contribution in [0.2, 0.25) is 0 Å².